The number of aromatic nitrogens is 2. The number of methoxy groups -OCH3 is 1. The fourth-order valence-electron chi connectivity index (χ4n) is 6.32. The molecule has 0 saturated carbocycles. The van der Waals surface area contributed by atoms with Gasteiger partial charge >= 0.3 is 5.97 Å². The Kier molecular flexibility index (Phi) is 9.67. The average molecular weight is 656 g/mol. The van der Waals surface area contributed by atoms with Crippen LogP contribution in [-0.4, -0.2) is 92.8 Å². The Morgan fingerprint density at radius 3 is 2.55 bits per heavy atom. The first-order chi connectivity index (χ1) is 22.6. The van der Waals surface area contributed by atoms with Gasteiger partial charge in [-0.3, -0.25) is 9.69 Å². The van der Waals surface area contributed by atoms with Crippen LogP contribution in [0.15, 0.2) is 67.0 Å². The lowest BCUT2D eigenvalue weighted by Crippen LogP contribution is -2.51. The van der Waals surface area contributed by atoms with E-state index in [1.54, 1.807) is 12.3 Å². The van der Waals surface area contributed by atoms with Crippen molar-refractivity contribution < 1.29 is 23.8 Å². The van der Waals surface area contributed by atoms with Crippen molar-refractivity contribution in [2.45, 2.75) is 44.9 Å². The molecule has 0 aliphatic carbocycles. The summed E-state index contributed by atoms with van der Waals surface area (Å²) < 4.78 is 19.3. The molecule has 2 aliphatic rings. The summed E-state index contributed by atoms with van der Waals surface area (Å²) in [5.74, 6) is 0.608. The summed E-state index contributed by atoms with van der Waals surface area (Å²) in [5, 5.41) is 0.920. The molecule has 0 spiro atoms. The Bertz CT molecular complexity index is 1740. The fraction of sp³-hybridized carbons (Fsp3) is 0.417. The number of rotatable bonds is 10. The molecule has 2 aromatic carbocycles. The van der Waals surface area contributed by atoms with Crippen LogP contribution in [0.5, 0.6) is 11.5 Å². The Balaban J connectivity index is 1.17. The van der Waals surface area contributed by atoms with E-state index in [1.807, 2.05) is 53.0 Å². The van der Waals surface area contributed by atoms with E-state index < -0.39 is 14.0 Å². The van der Waals surface area contributed by atoms with Gasteiger partial charge in [0.2, 0.25) is 5.91 Å². The molecule has 2 aliphatic heterocycles. The monoisotopic (exact) mass is 655 g/mol. The lowest BCUT2D eigenvalue weighted by atomic mass is 9.97. The molecule has 1 saturated heterocycles. The number of carbonyl (C=O) groups excluding carboxylic acids is 2. The molecule has 1 amide bonds. The minimum Gasteiger partial charge on any atom is -0.465 e. The number of fused-ring (bicyclic) bond motifs is 2. The van der Waals surface area contributed by atoms with Crippen molar-refractivity contribution in [2.24, 2.45) is 0 Å². The van der Waals surface area contributed by atoms with Crippen LogP contribution in [0.25, 0.3) is 11.0 Å². The number of hydrogen-bond acceptors (Lipinski definition) is 8. The third-order valence-corrected chi connectivity index (χ3v) is 10.8. The maximum absolute atomic E-state index is 13.5. The van der Waals surface area contributed by atoms with E-state index in [4.69, 9.17) is 14.2 Å². The third-order valence-electron chi connectivity index (χ3n) is 9.12. The van der Waals surface area contributed by atoms with E-state index >= 15 is 0 Å². The molecule has 1 atom stereocenters. The molecule has 0 bridgehead atoms. The quantitative estimate of drug-likeness (QED) is 0.120. The van der Waals surface area contributed by atoms with Crippen molar-refractivity contribution in [3.63, 3.8) is 0 Å². The second-order valence-corrected chi connectivity index (χ2v) is 19.2. The predicted octanol–water partition coefficient (Wildman–Crippen LogP) is 5.81. The largest absolute Gasteiger partial charge is 0.465 e. The second kappa shape index (κ2) is 13.9. The van der Waals surface area contributed by atoms with Crippen LogP contribution in [0.1, 0.15) is 27.5 Å². The van der Waals surface area contributed by atoms with Gasteiger partial charge in [0.25, 0.3) is 0 Å². The van der Waals surface area contributed by atoms with Crippen molar-refractivity contribution in [2.75, 3.05) is 58.4 Å². The number of hydrogen-bond donors (Lipinski definition) is 0. The van der Waals surface area contributed by atoms with E-state index in [2.05, 4.69) is 52.6 Å². The number of esters is 1. The minimum absolute atomic E-state index is 0.150. The zero-order valence-electron chi connectivity index (χ0n) is 28.1. The van der Waals surface area contributed by atoms with Crippen LogP contribution < -0.4 is 9.64 Å². The smallest absolute Gasteiger partial charge is 0.341 e. The van der Waals surface area contributed by atoms with Gasteiger partial charge in [0.15, 0.2) is 0 Å². The molecule has 11 heteroatoms. The highest BCUT2D eigenvalue weighted by Gasteiger charge is 2.35. The molecule has 1 unspecified atom stereocenters. The number of piperazine rings is 1. The molecule has 6 rings (SSSR count). The van der Waals surface area contributed by atoms with E-state index in [0.29, 0.717) is 23.8 Å². The number of ether oxygens (including phenoxy) is 3. The third kappa shape index (κ3) is 7.37. The normalized spacial score (nSPS) is 17.5. The molecule has 0 radical (unpaired) electrons. The van der Waals surface area contributed by atoms with Gasteiger partial charge in [0.1, 0.15) is 35.5 Å². The van der Waals surface area contributed by atoms with Crippen molar-refractivity contribution >= 4 is 36.7 Å². The molecule has 1 fully saturated rings. The molecule has 47 heavy (non-hydrogen) atoms. The number of anilines is 1. The second-order valence-electron chi connectivity index (χ2n) is 13.6. The lowest BCUT2D eigenvalue weighted by Gasteiger charge is -2.40. The summed E-state index contributed by atoms with van der Waals surface area (Å²) in [4.78, 5) is 37.3. The van der Waals surface area contributed by atoms with Crippen LogP contribution in [0.3, 0.4) is 0 Å². The van der Waals surface area contributed by atoms with E-state index in [0.717, 1.165) is 74.1 Å². The maximum atomic E-state index is 13.5. The molecular weight excluding hydrogens is 611 g/mol. The number of nitrogens with zero attached hydrogens (tertiary/aromatic N) is 5. The van der Waals surface area contributed by atoms with Crippen molar-refractivity contribution in [1.29, 1.82) is 0 Å². The lowest BCUT2D eigenvalue weighted by molar-refractivity contribution is -0.135. The van der Waals surface area contributed by atoms with Crippen molar-refractivity contribution in [3.8, 4) is 11.5 Å². The molecule has 10 nitrogen and oxygen atoms in total. The molecule has 2 aromatic heterocycles. The van der Waals surface area contributed by atoms with Crippen LogP contribution in [0, 0.1) is 0 Å². The Morgan fingerprint density at radius 2 is 1.79 bits per heavy atom. The molecule has 4 aromatic rings. The van der Waals surface area contributed by atoms with Crippen molar-refractivity contribution in [3.05, 3.63) is 83.7 Å². The Morgan fingerprint density at radius 1 is 1.00 bits per heavy atom. The van der Waals surface area contributed by atoms with Gasteiger partial charge < -0.3 is 28.6 Å². The van der Waals surface area contributed by atoms with Gasteiger partial charge in [0.05, 0.1) is 13.3 Å². The zero-order valence-corrected chi connectivity index (χ0v) is 29.1. The minimum atomic E-state index is -1.16. The van der Waals surface area contributed by atoms with Gasteiger partial charge in [-0.1, -0.05) is 43.9 Å². The Hall–Kier alpha value is -4.19. The average Bonchev–Trinajstić information content (AvgIpc) is 3.42. The van der Waals surface area contributed by atoms with E-state index in [9.17, 15) is 9.59 Å². The topological polar surface area (TPSA) is 89.4 Å². The van der Waals surface area contributed by atoms with Gasteiger partial charge in [-0.15, -0.1) is 0 Å². The summed E-state index contributed by atoms with van der Waals surface area (Å²) in [6.45, 7) is 11.8. The molecule has 0 N–H and O–H groups in total. The summed E-state index contributed by atoms with van der Waals surface area (Å²) in [6.07, 6.45) is 4.51. The molecular formula is C36H45N5O5Si. The van der Waals surface area contributed by atoms with E-state index in [1.165, 1.54) is 12.7 Å². The van der Waals surface area contributed by atoms with Crippen LogP contribution in [-0.2, 0) is 27.4 Å². The number of benzene rings is 2. The standard InChI is InChI=1S/C36H45N5O5Si/c1-38-14-12-26-8-6-7-9-30(26)33(35(38)42)40-18-16-39(17-19-40)28-10-11-31(36(43)44-2)32(23-28)46-29-22-27-13-15-41(34(27)37-24-29)25-45-20-21-47(3,4)5/h6-11,13,15,22-24,33H,12,14,16-21,25H2,1-5H3. The Labute approximate surface area is 277 Å². The highest BCUT2D eigenvalue weighted by atomic mass is 28.3. The molecule has 248 valence electrons. The van der Waals surface area contributed by atoms with Gasteiger partial charge in [0, 0.05) is 77.8 Å². The SMILES string of the molecule is COC(=O)c1ccc(N2CCN(C3C(=O)N(C)CCc4ccccc43)CC2)cc1Oc1cnc2c(ccn2COCC[Si](C)(C)C)c1. The van der Waals surface area contributed by atoms with Gasteiger partial charge in [-0.25, -0.2) is 9.78 Å². The van der Waals surface area contributed by atoms with Crippen LogP contribution in [0.4, 0.5) is 5.69 Å². The number of carbonyl (C=O) groups is 2. The highest BCUT2D eigenvalue weighted by Crippen LogP contribution is 2.34. The van der Waals surface area contributed by atoms with Crippen LogP contribution >= 0.6 is 0 Å². The zero-order chi connectivity index (χ0) is 33.1. The van der Waals surface area contributed by atoms with E-state index in [-0.39, 0.29) is 11.9 Å². The number of amides is 1. The number of likely N-dealkylation sites (N-methyl/N-ethyl adjacent to an activating group) is 1. The summed E-state index contributed by atoms with van der Waals surface area (Å²) in [5.41, 5.74) is 4.45. The summed E-state index contributed by atoms with van der Waals surface area (Å²) >= 11 is 0. The fourth-order valence-corrected chi connectivity index (χ4v) is 7.07. The van der Waals surface area contributed by atoms with Gasteiger partial charge in [-0.2, -0.15) is 0 Å². The summed E-state index contributed by atoms with van der Waals surface area (Å²) in [6, 6.07) is 18.6. The molecule has 4 heterocycles. The maximum Gasteiger partial charge on any atom is 0.341 e. The first kappa shape index (κ1) is 32.7. The number of pyridine rings is 1. The summed E-state index contributed by atoms with van der Waals surface area (Å²) in [7, 11) is 2.11. The van der Waals surface area contributed by atoms with Gasteiger partial charge in [-0.05, 0) is 47.9 Å². The highest BCUT2D eigenvalue weighted by molar-refractivity contribution is 6.76. The van der Waals surface area contributed by atoms with Crippen LogP contribution in [0.2, 0.25) is 25.7 Å². The van der Waals surface area contributed by atoms with Crippen molar-refractivity contribution in [1.82, 2.24) is 19.4 Å². The predicted molar refractivity (Wildman–Crippen MR) is 186 cm³/mol. The first-order valence-electron chi connectivity index (χ1n) is 16.4. The first-order valence-corrected chi connectivity index (χ1v) is 20.1.